The summed E-state index contributed by atoms with van der Waals surface area (Å²) in [5.41, 5.74) is 5.31. The second kappa shape index (κ2) is 1.84. The van der Waals surface area contributed by atoms with E-state index in [-0.39, 0.29) is 0 Å². The van der Waals surface area contributed by atoms with Crippen molar-refractivity contribution in [1.82, 2.24) is 4.81 Å². The van der Waals surface area contributed by atoms with Crippen molar-refractivity contribution in [1.29, 1.82) is 0 Å². The summed E-state index contributed by atoms with van der Waals surface area (Å²) in [7, 11) is 5.32. The lowest BCUT2D eigenvalue weighted by Gasteiger charge is -2.35. The quantitative estimate of drug-likeness (QED) is 0.422. The monoisotopic (exact) mass is 96.1 g/mol. The summed E-state index contributed by atoms with van der Waals surface area (Å²) in [6.07, 6.45) is 0. The average molecular weight is 95.9 g/mol. The average Bonchev–Trinajstić information content (AvgIpc) is 1.58. The minimum atomic E-state index is 0.671. The van der Waals surface area contributed by atoms with Crippen molar-refractivity contribution in [2.24, 2.45) is 11.7 Å². The zero-order valence-corrected chi connectivity index (χ0v) is 4.30. The topological polar surface area (TPSA) is 29.3 Å². The van der Waals surface area contributed by atoms with Crippen LogP contribution in [-0.2, 0) is 0 Å². The number of nitrogens with two attached hydrogens (primary N) is 1. The van der Waals surface area contributed by atoms with Crippen LogP contribution >= 0.6 is 0 Å². The molecule has 0 bridgehead atoms. The van der Waals surface area contributed by atoms with E-state index >= 15 is 0 Å². The fourth-order valence-corrected chi connectivity index (χ4v) is 0.759. The number of rotatable bonds is 1. The van der Waals surface area contributed by atoms with Gasteiger partial charge in [0.15, 0.2) is 7.98 Å². The molecule has 3 heteroatoms. The Morgan fingerprint density at radius 1 is 1.71 bits per heavy atom. The summed E-state index contributed by atoms with van der Waals surface area (Å²) in [6.45, 7) is 2.75. The Balaban J connectivity index is 2.06. The van der Waals surface area contributed by atoms with Gasteiger partial charge in [-0.05, 0) is 25.6 Å². The molecule has 0 unspecified atom stereocenters. The Kier molecular flexibility index (Phi) is 1.35. The van der Waals surface area contributed by atoms with Gasteiger partial charge in [-0.25, -0.2) is 0 Å². The van der Waals surface area contributed by atoms with Crippen molar-refractivity contribution in [2.75, 3.05) is 19.6 Å². The van der Waals surface area contributed by atoms with Crippen LogP contribution in [0.25, 0.3) is 0 Å². The van der Waals surface area contributed by atoms with Crippen molar-refractivity contribution >= 4 is 7.98 Å². The molecule has 0 saturated carbocycles. The van der Waals surface area contributed by atoms with Gasteiger partial charge < -0.3 is 10.5 Å². The van der Waals surface area contributed by atoms with Crippen molar-refractivity contribution in [3.63, 3.8) is 0 Å². The third-order valence-electron chi connectivity index (χ3n) is 1.32. The van der Waals surface area contributed by atoms with Crippen LogP contribution in [0.2, 0.25) is 0 Å². The zero-order valence-electron chi connectivity index (χ0n) is 4.30. The molecule has 0 aromatic carbocycles. The smallest absolute Gasteiger partial charge is 0.182 e. The van der Waals surface area contributed by atoms with Crippen molar-refractivity contribution in [3.05, 3.63) is 0 Å². The summed E-state index contributed by atoms with van der Waals surface area (Å²) in [6, 6.07) is 0. The van der Waals surface area contributed by atoms with Gasteiger partial charge in [0, 0.05) is 0 Å². The molecule has 0 spiro atoms. The highest BCUT2D eigenvalue weighted by atomic mass is 15.1. The molecule has 1 rings (SSSR count). The summed E-state index contributed by atoms with van der Waals surface area (Å²) in [5.74, 6) is 0.671. The molecule has 1 heterocycles. The van der Waals surface area contributed by atoms with Crippen LogP contribution < -0.4 is 5.73 Å². The zero-order chi connectivity index (χ0) is 5.28. The van der Waals surface area contributed by atoms with E-state index in [1.54, 1.807) is 4.81 Å². The largest absolute Gasteiger partial charge is 0.353 e. The Hall–Kier alpha value is -0.0151. The Morgan fingerprint density at radius 3 is 2.43 bits per heavy atom. The maximum absolute atomic E-state index is 5.32. The first kappa shape index (κ1) is 5.13. The fourth-order valence-electron chi connectivity index (χ4n) is 0.759. The van der Waals surface area contributed by atoms with Crippen LogP contribution in [0.1, 0.15) is 0 Å². The van der Waals surface area contributed by atoms with Crippen LogP contribution in [0.15, 0.2) is 0 Å². The lowest BCUT2D eigenvalue weighted by molar-refractivity contribution is 0.215. The summed E-state index contributed by atoms with van der Waals surface area (Å²) < 4.78 is 0. The van der Waals surface area contributed by atoms with Gasteiger partial charge in [0.05, 0.1) is 0 Å². The van der Waals surface area contributed by atoms with E-state index in [1.165, 1.54) is 0 Å². The van der Waals surface area contributed by atoms with Crippen molar-refractivity contribution < 1.29 is 0 Å². The van der Waals surface area contributed by atoms with Crippen LogP contribution in [-0.4, -0.2) is 32.4 Å². The van der Waals surface area contributed by atoms with Crippen LogP contribution in [0, 0.1) is 5.92 Å². The normalized spacial score (nSPS) is 24.7. The summed E-state index contributed by atoms with van der Waals surface area (Å²) in [4.78, 5) is 1.78. The molecule has 0 aromatic heterocycles. The fraction of sp³-hybridized carbons (Fsp3) is 1.00. The Bertz CT molecular complexity index is 60.7. The standard InChI is InChI=1S/C4H9BN2/c5-7-2-4(1-6)3-7/h4H,1-3,6H2. The number of hydrogen-bond donors (Lipinski definition) is 1. The highest BCUT2D eigenvalue weighted by molar-refractivity contribution is 6.04. The van der Waals surface area contributed by atoms with Gasteiger partial charge in [0.25, 0.3) is 0 Å². The first-order valence-electron chi connectivity index (χ1n) is 2.52. The van der Waals surface area contributed by atoms with E-state index in [0.717, 1.165) is 19.6 Å². The molecule has 2 nitrogen and oxygen atoms in total. The minimum Gasteiger partial charge on any atom is -0.353 e. The highest BCUT2D eigenvalue weighted by Gasteiger charge is 2.19. The van der Waals surface area contributed by atoms with Gasteiger partial charge in [-0.2, -0.15) is 0 Å². The third-order valence-corrected chi connectivity index (χ3v) is 1.32. The molecule has 1 saturated heterocycles. The second-order valence-corrected chi connectivity index (χ2v) is 2.06. The van der Waals surface area contributed by atoms with E-state index in [9.17, 15) is 0 Å². The number of hydrogen-bond acceptors (Lipinski definition) is 2. The second-order valence-electron chi connectivity index (χ2n) is 2.06. The van der Waals surface area contributed by atoms with Crippen molar-refractivity contribution in [2.45, 2.75) is 0 Å². The summed E-state index contributed by atoms with van der Waals surface area (Å²) in [5, 5.41) is 0. The lowest BCUT2D eigenvalue weighted by atomic mass is 9.97. The van der Waals surface area contributed by atoms with E-state index in [2.05, 4.69) is 0 Å². The third kappa shape index (κ3) is 0.953. The Morgan fingerprint density at radius 2 is 2.29 bits per heavy atom. The van der Waals surface area contributed by atoms with E-state index in [4.69, 9.17) is 13.7 Å². The molecule has 0 aromatic rings. The van der Waals surface area contributed by atoms with Gasteiger partial charge >= 0.3 is 0 Å². The van der Waals surface area contributed by atoms with Crippen LogP contribution in [0.5, 0.6) is 0 Å². The maximum atomic E-state index is 5.32. The molecule has 38 valence electrons. The predicted molar refractivity (Wildman–Crippen MR) is 29.9 cm³/mol. The number of nitrogens with zero attached hydrogens (tertiary/aromatic N) is 1. The molecule has 2 radical (unpaired) electrons. The Labute approximate surface area is 45.1 Å². The van der Waals surface area contributed by atoms with Crippen molar-refractivity contribution in [3.8, 4) is 0 Å². The van der Waals surface area contributed by atoms with Crippen LogP contribution in [0.4, 0.5) is 0 Å². The summed E-state index contributed by atoms with van der Waals surface area (Å²) >= 11 is 0. The van der Waals surface area contributed by atoms with E-state index < -0.39 is 0 Å². The molecule has 2 N–H and O–H groups in total. The molecule has 0 aliphatic carbocycles. The van der Waals surface area contributed by atoms with Gasteiger partial charge in [-0.3, -0.25) is 0 Å². The molecule has 1 aliphatic rings. The van der Waals surface area contributed by atoms with E-state index in [0.29, 0.717) is 5.92 Å². The molecule has 7 heavy (non-hydrogen) atoms. The van der Waals surface area contributed by atoms with Gasteiger partial charge in [0.1, 0.15) is 0 Å². The molecular weight excluding hydrogens is 86.9 g/mol. The van der Waals surface area contributed by atoms with E-state index in [1.807, 2.05) is 0 Å². The SMILES string of the molecule is [B]N1CC(CN)C1. The maximum Gasteiger partial charge on any atom is 0.182 e. The molecule has 1 fully saturated rings. The van der Waals surface area contributed by atoms with Gasteiger partial charge in [-0.1, -0.05) is 0 Å². The first-order valence-corrected chi connectivity index (χ1v) is 2.52. The first-order chi connectivity index (χ1) is 3.33. The molecular formula is C4H9BN2. The lowest BCUT2D eigenvalue weighted by Crippen LogP contribution is -2.48. The molecule has 0 amide bonds. The molecule has 0 atom stereocenters. The van der Waals surface area contributed by atoms with Gasteiger partial charge in [-0.15, -0.1) is 0 Å². The highest BCUT2D eigenvalue weighted by Crippen LogP contribution is 2.08. The van der Waals surface area contributed by atoms with Gasteiger partial charge in [0.2, 0.25) is 0 Å². The predicted octanol–water partition coefficient (Wildman–Crippen LogP) is -1.04. The molecule has 1 aliphatic heterocycles. The van der Waals surface area contributed by atoms with Crippen LogP contribution in [0.3, 0.4) is 0 Å². The minimum absolute atomic E-state index is 0.671.